The molecule has 0 spiro atoms. The number of rotatable bonds is 15. The van der Waals surface area contributed by atoms with Crippen LogP contribution in [0.1, 0.15) is 13.8 Å². The molecule has 0 aliphatic carbocycles. The molecule has 0 saturated carbocycles. The third-order valence-electron chi connectivity index (χ3n) is 2.60. The monoisotopic (exact) mass is 411 g/mol. The van der Waals surface area contributed by atoms with Gasteiger partial charge in [-0.3, -0.25) is 4.55 Å². The fourth-order valence-corrected chi connectivity index (χ4v) is 3.70. The summed E-state index contributed by atoms with van der Waals surface area (Å²) >= 11 is 5.47. The van der Waals surface area contributed by atoms with Gasteiger partial charge < -0.3 is 14.2 Å². The van der Waals surface area contributed by atoms with Crippen molar-refractivity contribution in [3.8, 4) is 0 Å². The van der Waals surface area contributed by atoms with Crippen LogP contribution in [0.4, 0.5) is 0 Å². The molecule has 0 fully saturated rings. The van der Waals surface area contributed by atoms with Crippen LogP contribution in [-0.2, 0) is 34.2 Å². The maximum absolute atomic E-state index is 11.8. The fraction of sp³-hybridized carbons (Fsp3) is 1.00. The second-order valence-corrected chi connectivity index (χ2v) is 9.64. The molecule has 0 rings (SSSR count). The lowest BCUT2D eigenvalue weighted by molar-refractivity contribution is 0.0200. The van der Waals surface area contributed by atoms with Gasteiger partial charge >= 0.3 is 0 Å². The second kappa shape index (κ2) is 11.6. The first-order valence-corrected chi connectivity index (χ1v) is 11.0. The number of sulfone groups is 1. The average Bonchev–Trinajstić information content (AvgIpc) is 2.42. The molecule has 146 valence electrons. The van der Waals surface area contributed by atoms with Crippen LogP contribution in [0.3, 0.4) is 0 Å². The van der Waals surface area contributed by atoms with Gasteiger partial charge in [0.05, 0.1) is 56.9 Å². The Morgan fingerprint density at radius 2 is 1.29 bits per heavy atom. The van der Waals surface area contributed by atoms with Crippen LogP contribution in [-0.4, -0.2) is 83.8 Å². The zero-order valence-electron chi connectivity index (χ0n) is 13.9. The summed E-state index contributed by atoms with van der Waals surface area (Å²) in [5.41, 5.74) is -0.709. The van der Waals surface area contributed by atoms with E-state index in [2.05, 4.69) is 4.84 Å². The first-order valence-electron chi connectivity index (χ1n) is 7.24. The van der Waals surface area contributed by atoms with Gasteiger partial charge in [0, 0.05) is 5.54 Å². The fourth-order valence-electron chi connectivity index (χ4n) is 1.54. The molecule has 0 unspecified atom stereocenters. The van der Waals surface area contributed by atoms with Crippen LogP contribution in [0.2, 0.25) is 0 Å². The lowest BCUT2D eigenvalue weighted by Gasteiger charge is -2.21. The topological polar surface area (TPSA) is 128 Å². The summed E-state index contributed by atoms with van der Waals surface area (Å²) < 4.78 is 68.2. The van der Waals surface area contributed by atoms with Crippen LogP contribution < -0.4 is 4.84 Å². The summed E-state index contributed by atoms with van der Waals surface area (Å²) in [5.74, 6) is -0.654. The van der Waals surface area contributed by atoms with Crippen molar-refractivity contribution in [1.29, 1.82) is 0 Å². The van der Waals surface area contributed by atoms with Crippen molar-refractivity contribution in [2.45, 2.75) is 19.4 Å². The molecule has 2 N–H and O–H groups in total. The van der Waals surface area contributed by atoms with Crippen molar-refractivity contribution in [1.82, 2.24) is 4.84 Å². The summed E-state index contributed by atoms with van der Waals surface area (Å²) in [7, 11) is -7.28. The zero-order valence-corrected chi connectivity index (χ0v) is 16.3. The smallest absolute Gasteiger partial charge is 0.267 e. The molecule has 12 heteroatoms. The maximum atomic E-state index is 11.8. The van der Waals surface area contributed by atoms with E-state index in [-0.39, 0.29) is 51.1 Å². The molecule has 9 nitrogen and oxygen atoms in total. The van der Waals surface area contributed by atoms with Gasteiger partial charge in [0.15, 0.2) is 9.84 Å². The molecule has 0 atom stereocenters. The van der Waals surface area contributed by atoms with Gasteiger partial charge in [0.2, 0.25) is 0 Å². The van der Waals surface area contributed by atoms with E-state index >= 15 is 0 Å². The van der Waals surface area contributed by atoms with E-state index in [9.17, 15) is 16.8 Å². The molecule has 0 bridgehead atoms. The molecule has 0 aromatic heterocycles. The normalized spacial score (nSPS) is 13.3. The summed E-state index contributed by atoms with van der Waals surface area (Å²) in [6.45, 7) is 4.24. The molecule has 0 aliphatic rings. The van der Waals surface area contributed by atoms with Crippen molar-refractivity contribution in [3.63, 3.8) is 0 Å². The first kappa shape index (κ1) is 24.0. The van der Waals surface area contributed by atoms with E-state index in [0.29, 0.717) is 0 Å². The number of nitrogens with one attached hydrogen (secondary N) is 1. The third-order valence-corrected chi connectivity index (χ3v) is 5.75. The molecule has 0 aliphatic heterocycles. The summed E-state index contributed by atoms with van der Waals surface area (Å²) in [4.78, 5) is 2.42. The molecule has 0 radical (unpaired) electrons. The van der Waals surface area contributed by atoms with Gasteiger partial charge in [0.25, 0.3) is 10.1 Å². The van der Waals surface area contributed by atoms with Crippen molar-refractivity contribution in [2.24, 2.45) is 0 Å². The number of ether oxygens (including phenoxy) is 3. The molecule has 0 aromatic carbocycles. The number of hydrogen-bond donors (Lipinski definition) is 2. The van der Waals surface area contributed by atoms with E-state index in [4.69, 9.17) is 30.5 Å². The lowest BCUT2D eigenvalue weighted by Crippen LogP contribution is -2.41. The van der Waals surface area contributed by atoms with E-state index in [0.717, 1.165) is 0 Å². The molecule has 0 heterocycles. The van der Waals surface area contributed by atoms with Crippen LogP contribution in [0, 0.1) is 0 Å². The Bertz CT molecular complexity index is 535. The quantitative estimate of drug-likeness (QED) is 0.215. The van der Waals surface area contributed by atoms with Gasteiger partial charge in [-0.15, -0.1) is 0 Å². The minimum absolute atomic E-state index is 0.0644. The largest absolute Gasteiger partial charge is 0.378 e. The van der Waals surface area contributed by atoms with Gasteiger partial charge in [0.1, 0.15) is 0 Å². The van der Waals surface area contributed by atoms with E-state index in [1.165, 1.54) is 0 Å². The molecular weight excluding hydrogens is 386 g/mol. The Morgan fingerprint density at radius 3 is 1.71 bits per heavy atom. The van der Waals surface area contributed by atoms with E-state index in [1.54, 1.807) is 13.8 Å². The maximum Gasteiger partial charge on any atom is 0.267 e. The standard InChI is InChI=1S/C12H26ClNO8S2/c1-12(2,14-13)11-23(15,16)9-7-21-5-3-20-4-6-22-8-10-24(17,18)19/h14H,3-11H2,1-2H3,(H,17,18,19). The van der Waals surface area contributed by atoms with E-state index < -0.39 is 31.2 Å². The average molecular weight is 412 g/mol. The zero-order chi connectivity index (χ0) is 18.7. The Hall–Kier alpha value is -0.0100. The molecule has 24 heavy (non-hydrogen) atoms. The van der Waals surface area contributed by atoms with Gasteiger partial charge in [-0.2, -0.15) is 8.42 Å². The molecule has 0 saturated heterocycles. The highest BCUT2D eigenvalue weighted by Gasteiger charge is 2.25. The predicted octanol–water partition coefficient (Wildman–Crippen LogP) is -0.139. The van der Waals surface area contributed by atoms with Crippen LogP contribution in [0.15, 0.2) is 0 Å². The van der Waals surface area contributed by atoms with Crippen molar-refractivity contribution >= 4 is 31.7 Å². The van der Waals surface area contributed by atoms with Gasteiger partial charge in [-0.1, -0.05) is 0 Å². The minimum Gasteiger partial charge on any atom is -0.378 e. The van der Waals surface area contributed by atoms with Gasteiger partial charge in [-0.25, -0.2) is 13.3 Å². The van der Waals surface area contributed by atoms with E-state index in [1.807, 2.05) is 0 Å². The predicted molar refractivity (Wildman–Crippen MR) is 90.6 cm³/mol. The second-order valence-electron chi connectivity index (χ2n) is 5.69. The number of halogens is 1. The van der Waals surface area contributed by atoms with Crippen LogP contribution >= 0.6 is 11.8 Å². The van der Waals surface area contributed by atoms with Crippen molar-refractivity contribution < 1.29 is 35.6 Å². The SMILES string of the molecule is CC(C)(CS(=O)(=O)CCOCCOCCOCCS(=O)(=O)O)NCl. The Balaban J connectivity index is 3.54. The molecule has 0 amide bonds. The lowest BCUT2D eigenvalue weighted by atomic mass is 10.1. The van der Waals surface area contributed by atoms with Crippen molar-refractivity contribution in [3.05, 3.63) is 0 Å². The third kappa shape index (κ3) is 15.5. The van der Waals surface area contributed by atoms with Crippen molar-refractivity contribution in [2.75, 3.05) is 56.9 Å². The highest BCUT2D eigenvalue weighted by molar-refractivity contribution is 7.91. The summed E-state index contributed by atoms with van der Waals surface area (Å²) in [6, 6.07) is 0. The Kier molecular flexibility index (Phi) is 11.6. The highest BCUT2D eigenvalue weighted by Crippen LogP contribution is 2.08. The Morgan fingerprint density at radius 1 is 0.875 bits per heavy atom. The highest BCUT2D eigenvalue weighted by atomic mass is 35.5. The summed E-state index contributed by atoms with van der Waals surface area (Å²) in [5, 5.41) is 0. The molecular formula is C12H26ClNO8S2. The minimum atomic E-state index is -4.00. The van der Waals surface area contributed by atoms with Gasteiger partial charge in [-0.05, 0) is 25.6 Å². The number of hydrogen-bond acceptors (Lipinski definition) is 8. The summed E-state index contributed by atoms with van der Waals surface area (Å²) in [6.07, 6.45) is 0. The molecule has 0 aromatic rings. The first-order chi connectivity index (χ1) is 11.0. The van der Waals surface area contributed by atoms with Crippen LogP contribution in [0.25, 0.3) is 0 Å². The van der Waals surface area contributed by atoms with Crippen LogP contribution in [0.5, 0.6) is 0 Å². The Labute approximate surface area is 148 Å².